The maximum atomic E-state index is 12.5. The predicted molar refractivity (Wildman–Crippen MR) is 81.6 cm³/mol. The van der Waals surface area contributed by atoms with Gasteiger partial charge in [-0.25, -0.2) is 0 Å². The molecular weight excluding hydrogens is 252 g/mol. The number of hydrogen-bond donors (Lipinski definition) is 1. The minimum atomic E-state index is 0.0701. The van der Waals surface area contributed by atoms with Crippen LogP contribution in [0.3, 0.4) is 0 Å². The van der Waals surface area contributed by atoms with E-state index in [4.69, 9.17) is 10.2 Å². The molecule has 1 aromatic rings. The van der Waals surface area contributed by atoms with E-state index < -0.39 is 0 Å². The van der Waals surface area contributed by atoms with Crippen LogP contribution in [0.15, 0.2) is 16.7 Å². The Morgan fingerprint density at radius 2 is 1.75 bits per heavy atom. The molecule has 4 nitrogen and oxygen atoms in total. The first-order valence-corrected chi connectivity index (χ1v) is 7.79. The van der Waals surface area contributed by atoms with E-state index in [9.17, 15) is 4.79 Å². The number of amides is 1. The first-order chi connectivity index (χ1) is 9.72. The smallest absolute Gasteiger partial charge is 0.257 e. The third-order valence-corrected chi connectivity index (χ3v) is 3.45. The van der Waals surface area contributed by atoms with E-state index in [0.29, 0.717) is 17.9 Å². The number of nitrogens with zero attached hydrogens (tertiary/aromatic N) is 1. The average Bonchev–Trinajstić information content (AvgIpc) is 2.94. The summed E-state index contributed by atoms with van der Waals surface area (Å²) in [5, 5.41) is 0. The third kappa shape index (κ3) is 5.37. The summed E-state index contributed by atoms with van der Waals surface area (Å²) in [7, 11) is 0. The van der Waals surface area contributed by atoms with E-state index >= 15 is 0 Å². The minimum absolute atomic E-state index is 0.0701. The molecule has 4 heteroatoms. The summed E-state index contributed by atoms with van der Waals surface area (Å²) in [5.41, 5.74) is 6.14. The summed E-state index contributed by atoms with van der Waals surface area (Å²) in [6, 6.07) is 1.76. The van der Waals surface area contributed by atoms with Crippen molar-refractivity contribution in [1.82, 2.24) is 4.90 Å². The van der Waals surface area contributed by atoms with Crippen molar-refractivity contribution < 1.29 is 9.21 Å². The van der Waals surface area contributed by atoms with Gasteiger partial charge in [-0.3, -0.25) is 4.79 Å². The topological polar surface area (TPSA) is 59.5 Å². The van der Waals surface area contributed by atoms with Crippen molar-refractivity contribution in [3.05, 3.63) is 23.7 Å². The molecule has 1 heterocycles. The molecule has 0 radical (unpaired) electrons. The molecule has 0 aliphatic rings. The van der Waals surface area contributed by atoms with E-state index in [1.165, 1.54) is 19.1 Å². The number of unbranched alkanes of at least 4 members (excludes halogenated alkanes) is 4. The Hall–Kier alpha value is -1.29. The van der Waals surface area contributed by atoms with Gasteiger partial charge in [-0.1, -0.05) is 39.5 Å². The molecule has 0 atom stereocenters. The lowest BCUT2D eigenvalue weighted by Crippen LogP contribution is -2.32. The van der Waals surface area contributed by atoms with E-state index in [1.54, 1.807) is 6.07 Å². The first-order valence-electron chi connectivity index (χ1n) is 7.79. The standard InChI is InChI=1S/C16H28N2O2/c1-3-5-7-9-18(10-8-6-4-2)16(19)14-11-15(12-17)20-13-14/h11,13H,3-10,12,17H2,1-2H3. The lowest BCUT2D eigenvalue weighted by atomic mass is 10.2. The first kappa shape index (κ1) is 16.8. The second-order valence-corrected chi connectivity index (χ2v) is 5.21. The molecule has 0 aliphatic heterocycles. The van der Waals surface area contributed by atoms with Gasteiger partial charge in [-0.15, -0.1) is 0 Å². The molecule has 0 bridgehead atoms. The average molecular weight is 280 g/mol. The highest BCUT2D eigenvalue weighted by molar-refractivity contribution is 5.94. The maximum absolute atomic E-state index is 12.5. The van der Waals surface area contributed by atoms with Crippen LogP contribution < -0.4 is 5.73 Å². The largest absolute Gasteiger partial charge is 0.467 e. The molecule has 1 aromatic heterocycles. The summed E-state index contributed by atoms with van der Waals surface area (Å²) >= 11 is 0. The molecule has 0 saturated carbocycles. The number of furan rings is 1. The quantitative estimate of drug-likeness (QED) is 0.667. The van der Waals surface area contributed by atoms with Gasteiger partial charge in [0.25, 0.3) is 5.91 Å². The molecule has 114 valence electrons. The normalized spacial score (nSPS) is 10.8. The molecule has 0 aromatic carbocycles. The Bertz CT molecular complexity index is 378. The molecule has 1 amide bonds. The zero-order chi connectivity index (χ0) is 14.8. The van der Waals surface area contributed by atoms with Gasteiger partial charge in [-0.05, 0) is 18.9 Å². The Kier molecular flexibility index (Phi) is 8.04. The summed E-state index contributed by atoms with van der Waals surface area (Å²) in [5.74, 6) is 0.732. The van der Waals surface area contributed by atoms with Gasteiger partial charge < -0.3 is 15.1 Å². The van der Waals surface area contributed by atoms with Crippen LogP contribution in [0.25, 0.3) is 0 Å². The van der Waals surface area contributed by atoms with Crippen LogP contribution in [0.4, 0.5) is 0 Å². The van der Waals surface area contributed by atoms with Gasteiger partial charge in [0.1, 0.15) is 12.0 Å². The van der Waals surface area contributed by atoms with E-state index in [2.05, 4.69) is 13.8 Å². The zero-order valence-electron chi connectivity index (χ0n) is 12.9. The van der Waals surface area contributed by atoms with Crippen LogP contribution in [0.5, 0.6) is 0 Å². The van der Waals surface area contributed by atoms with Gasteiger partial charge in [0, 0.05) is 13.1 Å². The van der Waals surface area contributed by atoms with Gasteiger partial charge in [0.05, 0.1) is 12.1 Å². The third-order valence-electron chi connectivity index (χ3n) is 3.45. The van der Waals surface area contributed by atoms with Crippen LogP contribution in [0.1, 0.15) is 68.5 Å². The van der Waals surface area contributed by atoms with Crippen molar-refractivity contribution in [2.75, 3.05) is 13.1 Å². The van der Waals surface area contributed by atoms with Crippen LogP contribution in [0.2, 0.25) is 0 Å². The summed E-state index contributed by atoms with van der Waals surface area (Å²) in [6.07, 6.45) is 8.32. The van der Waals surface area contributed by atoms with Crippen LogP contribution in [0, 0.1) is 0 Å². The minimum Gasteiger partial charge on any atom is -0.467 e. The summed E-state index contributed by atoms with van der Waals surface area (Å²) in [6.45, 7) is 6.34. The predicted octanol–water partition coefficient (Wildman–Crippen LogP) is 3.56. The van der Waals surface area contributed by atoms with Crippen molar-refractivity contribution in [1.29, 1.82) is 0 Å². The van der Waals surface area contributed by atoms with Gasteiger partial charge in [0.15, 0.2) is 0 Å². The lowest BCUT2D eigenvalue weighted by Gasteiger charge is -2.22. The van der Waals surface area contributed by atoms with Gasteiger partial charge in [-0.2, -0.15) is 0 Å². The summed E-state index contributed by atoms with van der Waals surface area (Å²) in [4.78, 5) is 14.4. The number of nitrogens with two attached hydrogens (primary N) is 1. The Balaban J connectivity index is 2.61. The van der Waals surface area contributed by atoms with Crippen molar-refractivity contribution >= 4 is 5.91 Å². The fourth-order valence-electron chi connectivity index (χ4n) is 2.20. The SMILES string of the molecule is CCCCCN(CCCCC)C(=O)c1coc(CN)c1. The van der Waals surface area contributed by atoms with Crippen molar-refractivity contribution in [2.24, 2.45) is 5.73 Å². The Morgan fingerprint density at radius 1 is 1.15 bits per heavy atom. The molecule has 0 fully saturated rings. The second kappa shape index (κ2) is 9.59. The fourth-order valence-corrected chi connectivity index (χ4v) is 2.20. The molecule has 0 unspecified atom stereocenters. The lowest BCUT2D eigenvalue weighted by molar-refractivity contribution is 0.0749. The Labute approximate surface area is 122 Å². The number of rotatable bonds is 10. The fraction of sp³-hybridized carbons (Fsp3) is 0.688. The van der Waals surface area contributed by atoms with Crippen LogP contribution in [-0.4, -0.2) is 23.9 Å². The van der Waals surface area contributed by atoms with Crippen LogP contribution in [-0.2, 0) is 6.54 Å². The number of carbonyl (C=O) groups is 1. The van der Waals surface area contributed by atoms with E-state index in [-0.39, 0.29) is 5.91 Å². The summed E-state index contributed by atoms with van der Waals surface area (Å²) < 4.78 is 5.26. The molecule has 2 N–H and O–H groups in total. The number of carbonyl (C=O) groups excluding carboxylic acids is 1. The molecule has 0 aliphatic carbocycles. The van der Waals surface area contributed by atoms with Crippen LogP contribution >= 0.6 is 0 Å². The highest BCUT2D eigenvalue weighted by atomic mass is 16.3. The zero-order valence-corrected chi connectivity index (χ0v) is 12.9. The van der Waals surface area contributed by atoms with Gasteiger partial charge in [0.2, 0.25) is 0 Å². The van der Waals surface area contributed by atoms with Gasteiger partial charge >= 0.3 is 0 Å². The van der Waals surface area contributed by atoms with Crippen molar-refractivity contribution in [2.45, 2.75) is 58.9 Å². The molecular formula is C16H28N2O2. The number of hydrogen-bond acceptors (Lipinski definition) is 3. The van der Waals surface area contributed by atoms with Crippen molar-refractivity contribution in [3.8, 4) is 0 Å². The highest BCUT2D eigenvalue weighted by Crippen LogP contribution is 2.12. The molecule has 0 saturated heterocycles. The van der Waals surface area contributed by atoms with E-state index in [1.807, 2.05) is 4.90 Å². The van der Waals surface area contributed by atoms with E-state index in [0.717, 1.165) is 38.8 Å². The van der Waals surface area contributed by atoms with Crippen molar-refractivity contribution in [3.63, 3.8) is 0 Å². The maximum Gasteiger partial charge on any atom is 0.257 e. The highest BCUT2D eigenvalue weighted by Gasteiger charge is 2.17. The molecule has 20 heavy (non-hydrogen) atoms. The monoisotopic (exact) mass is 280 g/mol. The molecule has 0 spiro atoms. The Morgan fingerprint density at radius 3 is 2.20 bits per heavy atom. The molecule has 1 rings (SSSR count). The second-order valence-electron chi connectivity index (χ2n) is 5.21.